The number of piperidine rings is 1. The monoisotopic (exact) mass is 328 g/mol. The smallest absolute Gasteiger partial charge is 0.237 e. The molecule has 0 spiro atoms. The van der Waals surface area contributed by atoms with Crippen molar-refractivity contribution in [3.05, 3.63) is 18.5 Å². The van der Waals surface area contributed by atoms with E-state index in [9.17, 15) is 4.79 Å². The van der Waals surface area contributed by atoms with Gasteiger partial charge in [0.05, 0.1) is 12.6 Å². The van der Waals surface area contributed by atoms with Crippen LogP contribution in [0.4, 0.5) is 5.95 Å². The predicted molar refractivity (Wildman–Crippen MR) is 90.2 cm³/mol. The van der Waals surface area contributed by atoms with Gasteiger partial charge in [-0.1, -0.05) is 0 Å². The number of amides is 1. The van der Waals surface area contributed by atoms with Crippen molar-refractivity contribution in [1.29, 1.82) is 5.26 Å². The van der Waals surface area contributed by atoms with Gasteiger partial charge in [0.15, 0.2) is 0 Å². The molecular weight excluding hydrogens is 304 g/mol. The van der Waals surface area contributed by atoms with E-state index in [1.807, 2.05) is 6.07 Å². The number of carbonyl (C=O) groups excluding carboxylic acids is 1. The number of likely N-dealkylation sites (tertiary alicyclic amines) is 1. The maximum atomic E-state index is 12.4. The number of carbonyl (C=O) groups is 1. The van der Waals surface area contributed by atoms with E-state index in [4.69, 9.17) is 5.26 Å². The third-order valence-corrected chi connectivity index (χ3v) is 5.09. The molecule has 1 aromatic rings. The largest absolute Gasteiger partial charge is 0.341 e. The second kappa shape index (κ2) is 7.14. The predicted octanol–water partition coefficient (Wildman–Crippen LogP) is 0.940. The fourth-order valence-electron chi connectivity index (χ4n) is 3.42. The average Bonchev–Trinajstić information content (AvgIpc) is 3.10. The lowest BCUT2D eigenvalue weighted by molar-refractivity contribution is -0.130. The molecule has 1 aromatic heterocycles. The number of nitrogens with one attached hydrogen (secondary N) is 1. The van der Waals surface area contributed by atoms with Gasteiger partial charge in [-0.25, -0.2) is 9.97 Å². The topological polar surface area (TPSA) is 85.2 Å². The first-order valence-corrected chi connectivity index (χ1v) is 8.57. The van der Waals surface area contributed by atoms with Crippen molar-refractivity contribution in [3.8, 4) is 6.07 Å². The van der Waals surface area contributed by atoms with Gasteiger partial charge in [0.25, 0.3) is 0 Å². The molecule has 0 unspecified atom stereocenters. The number of aromatic nitrogens is 2. The maximum absolute atomic E-state index is 12.4. The Morgan fingerprint density at radius 3 is 2.75 bits per heavy atom. The molecule has 24 heavy (non-hydrogen) atoms. The Balaban J connectivity index is 1.50. The lowest BCUT2D eigenvalue weighted by Gasteiger charge is -2.40. The van der Waals surface area contributed by atoms with Gasteiger partial charge in [-0.15, -0.1) is 0 Å². The second-order valence-electron chi connectivity index (χ2n) is 6.82. The lowest BCUT2D eigenvalue weighted by atomic mass is 9.89. The molecule has 3 heterocycles. The highest BCUT2D eigenvalue weighted by Crippen LogP contribution is 2.24. The molecule has 1 N–H and O–H groups in total. The van der Waals surface area contributed by atoms with Gasteiger partial charge in [0.1, 0.15) is 6.04 Å². The molecule has 1 amide bonds. The lowest BCUT2D eigenvalue weighted by Crippen LogP contribution is -2.54. The van der Waals surface area contributed by atoms with Crippen LogP contribution < -0.4 is 10.2 Å². The van der Waals surface area contributed by atoms with Gasteiger partial charge in [0.2, 0.25) is 11.9 Å². The zero-order chi connectivity index (χ0) is 17.0. The highest BCUT2D eigenvalue weighted by Gasteiger charge is 2.33. The Morgan fingerprint density at radius 1 is 1.38 bits per heavy atom. The van der Waals surface area contributed by atoms with E-state index < -0.39 is 0 Å². The van der Waals surface area contributed by atoms with E-state index in [0.717, 1.165) is 44.7 Å². The summed E-state index contributed by atoms with van der Waals surface area (Å²) in [6.07, 6.45) is 7.10. The van der Waals surface area contributed by atoms with Crippen LogP contribution in [0.3, 0.4) is 0 Å². The zero-order valence-corrected chi connectivity index (χ0v) is 14.1. The molecule has 1 atom stereocenters. The van der Waals surface area contributed by atoms with E-state index >= 15 is 0 Å². The van der Waals surface area contributed by atoms with Crippen LogP contribution in [0.5, 0.6) is 0 Å². The molecule has 0 bridgehead atoms. The third kappa shape index (κ3) is 3.65. The minimum absolute atomic E-state index is 0.0362. The molecule has 2 aliphatic heterocycles. The second-order valence-corrected chi connectivity index (χ2v) is 6.82. The van der Waals surface area contributed by atoms with E-state index in [1.54, 1.807) is 17.3 Å². The summed E-state index contributed by atoms with van der Waals surface area (Å²) >= 11 is 0. The van der Waals surface area contributed by atoms with Gasteiger partial charge in [-0.3, -0.25) is 4.79 Å². The molecule has 7 nitrogen and oxygen atoms in total. The first-order chi connectivity index (χ1) is 11.6. The summed E-state index contributed by atoms with van der Waals surface area (Å²) < 4.78 is 0. The number of anilines is 1. The molecule has 0 aromatic carbocycles. The fraction of sp³-hybridized carbons (Fsp3) is 0.647. The minimum Gasteiger partial charge on any atom is -0.341 e. The van der Waals surface area contributed by atoms with Crippen LogP contribution in [0.1, 0.15) is 32.6 Å². The molecule has 128 valence electrons. The highest BCUT2D eigenvalue weighted by atomic mass is 16.2. The van der Waals surface area contributed by atoms with Crippen LogP contribution in [0.2, 0.25) is 0 Å². The summed E-state index contributed by atoms with van der Waals surface area (Å²) in [5.41, 5.74) is -0.0667. The molecule has 7 heteroatoms. The number of nitriles is 1. The summed E-state index contributed by atoms with van der Waals surface area (Å²) in [5, 5.41) is 12.5. The van der Waals surface area contributed by atoms with E-state index in [2.05, 4.69) is 33.2 Å². The molecule has 0 saturated carbocycles. The standard InChI is InChI=1S/C17H24N6O/c1-17(21-13-15(24)23-9-2-4-14(23)12-18)5-10-22(11-6-17)16-19-7-3-8-20-16/h3,7-8,14,21H,2,4-6,9-11,13H2,1H3/t14-/m1/s1. The van der Waals surface area contributed by atoms with Crippen LogP contribution in [-0.4, -0.2) is 58.5 Å². The highest BCUT2D eigenvalue weighted by molar-refractivity contribution is 5.79. The minimum atomic E-state index is -0.246. The van der Waals surface area contributed by atoms with Gasteiger partial charge in [-0.05, 0) is 38.7 Å². The summed E-state index contributed by atoms with van der Waals surface area (Å²) in [6, 6.07) is 3.79. The van der Waals surface area contributed by atoms with E-state index in [1.165, 1.54) is 0 Å². The molecule has 0 radical (unpaired) electrons. The molecular formula is C17H24N6O. The normalized spacial score (nSPS) is 23.1. The van der Waals surface area contributed by atoms with E-state index in [0.29, 0.717) is 13.1 Å². The Labute approximate surface area is 142 Å². The van der Waals surface area contributed by atoms with Crippen molar-refractivity contribution in [2.24, 2.45) is 0 Å². The quantitative estimate of drug-likeness (QED) is 0.885. The Bertz CT molecular complexity index is 605. The van der Waals surface area contributed by atoms with Crippen LogP contribution >= 0.6 is 0 Å². The van der Waals surface area contributed by atoms with Crippen molar-refractivity contribution < 1.29 is 4.79 Å². The van der Waals surface area contributed by atoms with Crippen LogP contribution in [-0.2, 0) is 4.79 Å². The number of hydrogen-bond donors (Lipinski definition) is 1. The molecule has 2 fully saturated rings. The molecule has 3 rings (SSSR count). The first-order valence-electron chi connectivity index (χ1n) is 8.57. The Morgan fingerprint density at radius 2 is 2.08 bits per heavy atom. The fourth-order valence-corrected chi connectivity index (χ4v) is 3.42. The van der Waals surface area contributed by atoms with Gasteiger partial charge < -0.3 is 15.1 Å². The van der Waals surface area contributed by atoms with Crippen LogP contribution in [0, 0.1) is 11.3 Å². The van der Waals surface area contributed by atoms with Crippen LogP contribution in [0.15, 0.2) is 18.5 Å². The molecule has 2 aliphatic rings. The number of nitrogens with zero attached hydrogens (tertiary/aromatic N) is 5. The Kier molecular flexibility index (Phi) is 4.95. The van der Waals surface area contributed by atoms with Crippen LogP contribution in [0.25, 0.3) is 0 Å². The number of hydrogen-bond acceptors (Lipinski definition) is 6. The average molecular weight is 328 g/mol. The van der Waals surface area contributed by atoms with E-state index in [-0.39, 0.29) is 17.5 Å². The van der Waals surface area contributed by atoms with Gasteiger partial charge >= 0.3 is 0 Å². The van der Waals surface area contributed by atoms with Crippen molar-refractivity contribution >= 4 is 11.9 Å². The van der Waals surface area contributed by atoms with Gasteiger partial charge in [-0.2, -0.15) is 5.26 Å². The summed E-state index contributed by atoms with van der Waals surface area (Å²) in [4.78, 5) is 24.9. The maximum Gasteiger partial charge on any atom is 0.237 e. The third-order valence-electron chi connectivity index (χ3n) is 5.09. The van der Waals surface area contributed by atoms with Gasteiger partial charge in [0, 0.05) is 37.6 Å². The summed E-state index contributed by atoms with van der Waals surface area (Å²) in [7, 11) is 0. The Hall–Kier alpha value is -2.20. The number of rotatable bonds is 4. The van der Waals surface area contributed by atoms with Crippen molar-refractivity contribution in [3.63, 3.8) is 0 Å². The zero-order valence-electron chi connectivity index (χ0n) is 14.1. The van der Waals surface area contributed by atoms with Crippen molar-refractivity contribution in [1.82, 2.24) is 20.2 Å². The molecule has 0 aliphatic carbocycles. The SMILES string of the molecule is CC1(NCC(=O)N2CCC[C@@H]2C#N)CCN(c2ncccn2)CC1. The first kappa shape index (κ1) is 16.7. The molecule has 2 saturated heterocycles. The summed E-state index contributed by atoms with van der Waals surface area (Å²) in [5.74, 6) is 0.804. The summed E-state index contributed by atoms with van der Waals surface area (Å²) in [6.45, 7) is 4.90. The van der Waals surface area contributed by atoms with Crippen molar-refractivity contribution in [2.75, 3.05) is 31.1 Å². The van der Waals surface area contributed by atoms with Crippen molar-refractivity contribution in [2.45, 2.75) is 44.2 Å².